The van der Waals surface area contributed by atoms with Gasteiger partial charge in [0.05, 0.1) is 6.04 Å². The fourth-order valence-electron chi connectivity index (χ4n) is 2.31. The zero-order chi connectivity index (χ0) is 16.7. The summed E-state index contributed by atoms with van der Waals surface area (Å²) < 4.78 is 0. The SMILES string of the molecule is Cc1ccc([C@H](NC(=S)NCCCN(C)C)c2cccs2)cc1. The van der Waals surface area contributed by atoms with E-state index in [0.717, 1.165) is 19.5 Å². The number of hydrogen-bond acceptors (Lipinski definition) is 3. The van der Waals surface area contributed by atoms with Crippen molar-refractivity contribution < 1.29 is 0 Å². The minimum Gasteiger partial charge on any atom is -0.363 e. The Morgan fingerprint density at radius 2 is 1.96 bits per heavy atom. The van der Waals surface area contributed by atoms with Crippen molar-refractivity contribution in [1.29, 1.82) is 0 Å². The van der Waals surface area contributed by atoms with E-state index in [2.05, 4.69) is 78.3 Å². The Morgan fingerprint density at radius 1 is 1.22 bits per heavy atom. The lowest BCUT2D eigenvalue weighted by Gasteiger charge is -2.21. The van der Waals surface area contributed by atoms with Gasteiger partial charge in [-0.05, 0) is 63.2 Å². The second-order valence-corrected chi connectivity index (χ2v) is 7.30. The van der Waals surface area contributed by atoms with Crippen LogP contribution in [0, 0.1) is 6.92 Å². The number of thiophene rings is 1. The lowest BCUT2D eigenvalue weighted by molar-refractivity contribution is 0.400. The minimum atomic E-state index is 0.101. The lowest BCUT2D eigenvalue weighted by Crippen LogP contribution is -2.38. The second-order valence-electron chi connectivity index (χ2n) is 5.92. The smallest absolute Gasteiger partial charge is 0.167 e. The van der Waals surface area contributed by atoms with Gasteiger partial charge in [-0.3, -0.25) is 0 Å². The largest absolute Gasteiger partial charge is 0.363 e. The van der Waals surface area contributed by atoms with E-state index in [-0.39, 0.29) is 6.04 Å². The maximum absolute atomic E-state index is 5.48. The van der Waals surface area contributed by atoms with Crippen LogP contribution >= 0.6 is 23.6 Å². The molecule has 0 fully saturated rings. The Bertz CT molecular complexity index is 591. The Morgan fingerprint density at radius 3 is 2.57 bits per heavy atom. The van der Waals surface area contributed by atoms with Gasteiger partial charge in [0.2, 0.25) is 0 Å². The van der Waals surface area contributed by atoms with Gasteiger partial charge in [0.25, 0.3) is 0 Å². The van der Waals surface area contributed by atoms with E-state index in [9.17, 15) is 0 Å². The molecule has 0 aliphatic rings. The van der Waals surface area contributed by atoms with Crippen LogP contribution in [0.4, 0.5) is 0 Å². The van der Waals surface area contributed by atoms with Gasteiger partial charge in [0.15, 0.2) is 5.11 Å². The summed E-state index contributed by atoms with van der Waals surface area (Å²) in [6.07, 6.45) is 1.07. The molecule has 1 aromatic heterocycles. The monoisotopic (exact) mass is 347 g/mol. The zero-order valence-corrected chi connectivity index (χ0v) is 15.6. The third-order valence-electron chi connectivity index (χ3n) is 3.58. The lowest BCUT2D eigenvalue weighted by atomic mass is 10.0. The van der Waals surface area contributed by atoms with E-state index in [1.54, 1.807) is 11.3 Å². The molecule has 0 amide bonds. The molecule has 2 aromatic rings. The molecule has 3 nitrogen and oxygen atoms in total. The van der Waals surface area contributed by atoms with Gasteiger partial charge in [-0.25, -0.2) is 0 Å². The molecule has 0 aliphatic carbocycles. The van der Waals surface area contributed by atoms with Crippen molar-refractivity contribution in [2.75, 3.05) is 27.2 Å². The molecule has 0 aliphatic heterocycles. The van der Waals surface area contributed by atoms with Crippen molar-refractivity contribution in [2.45, 2.75) is 19.4 Å². The molecule has 23 heavy (non-hydrogen) atoms. The van der Waals surface area contributed by atoms with Gasteiger partial charge in [0.1, 0.15) is 0 Å². The van der Waals surface area contributed by atoms with Crippen molar-refractivity contribution >= 4 is 28.7 Å². The summed E-state index contributed by atoms with van der Waals surface area (Å²) in [6.45, 7) is 4.05. The van der Waals surface area contributed by atoms with E-state index >= 15 is 0 Å². The Hall–Kier alpha value is -1.43. The number of rotatable bonds is 7. The minimum absolute atomic E-state index is 0.101. The van der Waals surface area contributed by atoms with Crippen molar-refractivity contribution in [3.05, 3.63) is 57.8 Å². The molecule has 2 N–H and O–H groups in total. The molecule has 0 bridgehead atoms. The molecule has 0 spiro atoms. The molecular weight excluding hydrogens is 322 g/mol. The first-order valence-electron chi connectivity index (χ1n) is 7.85. The number of aryl methyl sites for hydroxylation is 1. The molecule has 0 saturated carbocycles. The molecule has 0 radical (unpaired) electrons. The Labute approximate surface area is 148 Å². The highest BCUT2D eigenvalue weighted by Crippen LogP contribution is 2.26. The number of nitrogens with one attached hydrogen (secondary N) is 2. The summed E-state index contributed by atoms with van der Waals surface area (Å²) in [5.41, 5.74) is 2.50. The third kappa shape index (κ3) is 5.94. The molecule has 0 unspecified atom stereocenters. The fourth-order valence-corrected chi connectivity index (χ4v) is 3.33. The predicted molar refractivity (Wildman–Crippen MR) is 104 cm³/mol. The molecule has 1 aromatic carbocycles. The maximum Gasteiger partial charge on any atom is 0.167 e. The van der Waals surface area contributed by atoms with Gasteiger partial charge in [-0.1, -0.05) is 35.9 Å². The summed E-state index contributed by atoms with van der Waals surface area (Å²) in [4.78, 5) is 3.45. The summed E-state index contributed by atoms with van der Waals surface area (Å²) in [6, 6.07) is 13.0. The topological polar surface area (TPSA) is 27.3 Å². The summed E-state index contributed by atoms with van der Waals surface area (Å²) >= 11 is 7.23. The summed E-state index contributed by atoms with van der Waals surface area (Å²) in [7, 11) is 4.17. The van der Waals surface area contributed by atoms with Crippen LogP contribution in [-0.2, 0) is 0 Å². The number of nitrogens with zero attached hydrogens (tertiary/aromatic N) is 1. The molecular formula is C18H25N3S2. The highest BCUT2D eigenvalue weighted by molar-refractivity contribution is 7.80. The van der Waals surface area contributed by atoms with E-state index in [0.29, 0.717) is 5.11 Å². The second kappa shape index (κ2) is 9.01. The van der Waals surface area contributed by atoms with Gasteiger partial charge in [-0.15, -0.1) is 11.3 Å². The Kier molecular flexibility index (Phi) is 7.02. The molecule has 1 heterocycles. The molecule has 0 saturated heterocycles. The zero-order valence-electron chi connectivity index (χ0n) is 14.0. The van der Waals surface area contributed by atoms with Gasteiger partial charge in [-0.2, -0.15) is 0 Å². The molecule has 2 rings (SSSR count). The van der Waals surface area contributed by atoms with E-state index in [1.807, 2.05) is 0 Å². The van der Waals surface area contributed by atoms with Gasteiger partial charge in [0, 0.05) is 11.4 Å². The van der Waals surface area contributed by atoms with Crippen molar-refractivity contribution in [2.24, 2.45) is 0 Å². The summed E-state index contributed by atoms with van der Waals surface area (Å²) in [5, 5.41) is 9.58. The van der Waals surface area contributed by atoms with E-state index in [4.69, 9.17) is 12.2 Å². The number of benzene rings is 1. The van der Waals surface area contributed by atoms with Crippen molar-refractivity contribution in [3.8, 4) is 0 Å². The highest BCUT2D eigenvalue weighted by Gasteiger charge is 2.16. The van der Waals surface area contributed by atoms with Crippen LogP contribution in [0.15, 0.2) is 41.8 Å². The van der Waals surface area contributed by atoms with Crippen LogP contribution in [0.5, 0.6) is 0 Å². The average molecular weight is 348 g/mol. The first-order valence-corrected chi connectivity index (χ1v) is 9.14. The van der Waals surface area contributed by atoms with Crippen LogP contribution in [0.25, 0.3) is 0 Å². The molecule has 5 heteroatoms. The van der Waals surface area contributed by atoms with Crippen LogP contribution in [0.1, 0.15) is 28.5 Å². The van der Waals surface area contributed by atoms with Crippen LogP contribution in [-0.4, -0.2) is 37.2 Å². The van der Waals surface area contributed by atoms with Crippen molar-refractivity contribution in [3.63, 3.8) is 0 Å². The first kappa shape index (κ1) is 17.9. The van der Waals surface area contributed by atoms with Gasteiger partial charge >= 0.3 is 0 Å². The third-order valence-corrected chi connectivity index (χ3v) is 4.78. The normalized spacial score (nSPS) is 12.2. The van der Waals surface area contributed by atoms with Crippen LogP contribution in [0.3, 0.4) is 0 Å². The van der Waals surface area contributed by atoms with Gasteiger partial charge < -0.3 is 15.5 Å². The highest BCUT2D eigenvalue weighted by atomic mass is 32.1. The predicted octanol–water partition coefficient (Wildman–Crippen LogP) is 3.56. The van der Waals surface area contributed by atoms with Crippen LogP contribution < -0.4 is 10.6 Å². The van der Waals surface area contributed by atoms with E-state index in [1.165, 1.54) is 16.0 Å². The fraction of sp³-hybridized carbons (Fsp3) is 0.389. The Balaban J connectivity index is 1.98. The average Bonchev–Trinajstić information content (AvgIpc) is 3.04. The summed E-state index contributed by atoms with van der Waals surface area (Å²) in [5.74, 6) is 0. The maximum atomic E-state index is 5.48. The quantitative estimate of drug-likeness (QED) is 0.591. The van der Waals surface area contributed by atoms with Crippen LogP contribution in [0.2, 0.25) is 0 Å². The first-order chi connectivity index (χ1) is 11.1. The van der Waals surface area contributed by atoms with Crippen molar-refractivity contribution in [1.82, 2.24) is 15.5 Å². The number of thiocarbonyl (C=S) groups is 1. The molecule has 124 valence electrons. The van der Waals surface area contributed by atoms with E-state index < -0.39 is 0 Å². The molecule has 1 atom stereocenters. The number of hydrogen-bond donors (Lipinski definition) is 2. The standard InChI is InChI=1S/C18H25N3S2/c1-14-7-9-15(10-8-14)17(16-6-4-13-23-16)20-18(22)19-11-5-12-21(2)3/h4,6-10,13,17H,5,11-12H2,1-3H3,(H2,19,20,22)/t17-/m0/s1.